The van der Waals surface area contributed by atoms with Crippen LogP contribution >= 0.6 is 0 Å². The third-order valence-electron chi connectivity index (χ3n) is 4.22. The van der Waals surface area contributed by atoms with Crippen molar-refractivity contribution in [3.63, 3.8) is 0 Å². The van der Waals surface area contributed by atoms with Crippen molar-refractivity contribution in [3.05, 3.63) is 96.1 Å². The van der Waals surface area contributed by atoms with Gasteiger partial charge in [0, 0.05) is 18.0 Å². The van der Waals surface area contributed by atoms with Crippen LogP contribution in [0.3, 0.4) is 0 Å². The second-order valence-electron chi connectivity index (χ2n) is 6.00. The Morgan fingerprint density at radius 3 is 2.46 bits per heavy atom. The minimum absolute atomic E-state index is 0.235. The first-order valence-corrected chi connectivity index (χ1v) is 8.42. The molecule has 1 N–H and O–H groups in total. The number of aromatic nitrogens is 3. The second kappa shape index (κ2) is 7.27. The number of halogens is 1. The highest BCUT2D eigenvalue weighted by Gasteiger charge is 2.17. The standard InChI is InChI=1S/C21H17FN4/c22-17-9-5-4-8-16(17)19(14-15-6-2-1-3-7-15)25-20-11-10-18-21(26-20)24-13-12-23-18/h1-13,19H,14H2,(H,24,25,26). The molecule has 0 saturated heterocycles. The van der Waals surface area contributed by atoms with Gasteiger partial charge in [-0.2, -0.15) is 0 Å². The van der Waals surface area contributed by atoms with E-state index in [0.717, 1.165) is 11.1 Å². The zero-order chi connectivity index (χ0) is 17.8. The highest BCUT2D eigenvalue weighted by Crippen LogP contribution is 2.25. The van der Waals surface area contributed by atoms with E-state index < -0.39 is 0 Å². The Kier molecular flexibility index (Phi) is 4.51. The molecule has 2 heterocycles. The van der Waals surface area contributed by atoms with Crippen molar-refractivity contribution in [2.75, 3.05) is 5.32 Å². The van der Waals surface area contributed by atoms with Crippen molar-refractivity contribution in [1.29, 1.82) is 0 Å². The molecular formula is C21H17FN4. The molecule has 1 atom stereocenters. The van der Waals surface area contributed by atoms with Gasteiger partial charge >= 0.3 is 0 Å². The average Bonchev–Trinajstić information content (AvgIpc) is 2.69. The molecule has 0 bridgehead atoms. The quantitative estimate of drug-likeness (QED) is 0.577. The molecule has 0 aliphatic carbocycles. The van der Waals surface area contributed by atoms with Gasteiger partial charge in [0.05, 0.1) is 6.04 Å². The largest absolute Gasteiger partial charge is 0.363 e. The lowest BCUT2D eigenvalue weighted by molar-refractivity contribution is 0.590. The monoisotopic (exact) mass is 344 g/mol. The summed E-state index contributed by atoms with van der Waals surface area (Å²) < 4.78 is 14.4. The molecule has 4 nitrogen and oxygen atoms in total. The van der Waals surface area contributed by atoms with Gasteiger partial charge in [-0.3, -0.25) is 4.98 Å². The minimum Gasteiger partial charge on any atom is -0.363 e. The highest BCUT2D eigenvalue weighted by molar-refractivity contribution is 5.71. The van der Waals surface area contributed by atoms with E-state index in [2.05, 4.69) is 20.3 Å². The van der Waals surface area contributed by atoms with E-state index in [1.165, 1.54) is 6.07 Å². The zero-order valence-electron chi connectivity index (χ0n) is 14.0. The van der Waals surface area contributed by atoms with Crippen LogP contribution in [0.5, 0.6) is 0 Å². The molecule has 1 unspecified atom stereocenters. The number of anilines is 1. The maximum absolute atomic E-state index is 14.4. The van der Waals surface area contributed by atoms with Gasteiger partial charge in [0.15, 0.2) is 5.65 Å². The number of nitrogens with one attached hydrogen (secondary N) is 1. The molecule has 0 aliphatic heterocycles. The Hall–Kier alpha value is -3.34. The fraction of sp³-hybridized carbons (Fsp3) is 0.0952. The molecule has 5 heteroatoms. The molecule has 2 aromatic heterocycles. The van der Waals surface area contributed by atoms with Crippen molar-refractivity contribution >= 4 is 17.0 Å². The number of hydrogen-bond donors (Lipinski definition) is 1. The first-order valence-electron chi connectivity index (χ1n) is 8.42. The van der Waals surface area contributed by atoms with Crippen LogP contribution in [0, 0.1) is 5.82 Å². The van der Waals surface area contributed by atoms with Crippen molar-refractivity contribution in [2.45, 2.75) is 12.5 Å². The summed E-state index contributed by atoms with van der Waals surface area (Å²) in [5.74, 6) is 0.406. The predicted octanol–water partition coefficient (Wildman–Crippen LogP) is 4.56. The first-order chi connectivity index (χ1) is 12.8. The average molecular weight is 344 g/mol. The highest BCUT2D eigenvalue weighted by atomic mass is 19.1. The van der Waals surface area contributed by atoms with Crippen LogP contribution in [0.2, 0.25) is 0 Å². The van der Waals surface area contributed by atoms with Gasteiger partial charge in [0.2, 0.25) is 0 Å². The topological polar surface area (TPSA) is 50.7 Å². The fourth-order valence-corrected chi connectivity index (χ4v) is 2.96. The number of rotatable bonds is 5. The van der Waals surface area contributed by atoms with Gasteiger partial charge < -0.3 is 5.32 Å². The molecule has 0 radical (unpaired) electrons. The van der Waals surface area contributed by atoms with E-state index in [4.69, 9.17) is 0 Å². The Bertz CT molecular complexity index is 1020. The summed E-state index contributed by atoms with van der Waals surface area (Å²) in [6.45, 7) is 0. The zero-order valence-corrected chi connectivity index (χ0v) is 14.0. The number of fused-ring (bicyclic) bond motifs is 1. The number of benzene rings is 2. The van der Waals surface area contributed by atoms with E-state index in [1.54, 1.807) is 24.5 Å². The maximum Gasteiger partial charge on any atom is 0.180 e. The van der Waals surface area contributed by atoms with Gasteiger partial charge in [-0.15, -0.1) is 0 Å². The minimum atomic E-state index is -0.250. The van der Waals surface area contributed by atoms with E-state index in [0.29, 0.717) is 23.4 Å². The van der Waals surface area contributed by atoms with Crippen LogP contribution < -0.4 is 5.32 Å². The van der Waals surface area contributed by atoms with E-state index >= 15 is 0 Å². The van der Waals surface area contributed by atoms with Gasteiger partial charge in [-0.1, -0.05) is 48.5 Å². The Morgan fingerprint density at radius 2 is 1.62 bits per heavy atom. The molecule has 128 valence electrons. The lowest BCUT2D eigenvalue weighted by Crippen LogP contribution is -2.16. The smallest absolute Gasteiger partial charge is 0.180 e. The normalized spacial score (nSPS) is 12.0. The summed E-state index contributed by atoms with van der Waals surface area (Å²) in [4.78, 5) is 13.0. The third-order valence-corrected chi connectivity index (χ3v) is 4.22. The van der Waals surface area contributed by atoms with E-state index in [9.17, 15) is 4.39 Å². The second-order valence-corrected chi connectivity index (χ2v) is 6.00. The van der Waals surface area contributed by atoms with Crippen molar-refractivity contribution in [2.24, 2.45) is 0 Å². The molecule has 26 heavy (non-hydrogen) atoms. The summed E-state index contributed by atoms with van der Waals surface area (Å²) in [7, 11) is 0. The summed E-state index contributed by atoms with van der Waals surface area (Å²) in [5, 5.41) is 3.36. The SMILES string of the molecule is Fc1ccccc1C(Cc1ccccc1)Nc1ccc2nccnc2n1. The van der Waals surface area contributed by atoms with E-state index in [-0.39, 0.29) is 11.9 Å². The number of hydrogen-bond acceptors (Lipinski definition) is 4. The van der Waals surface area contributed by atoms with Crippen LogP contribution in [0.4, 0.5) is 10.2 Å². The number of nitrogens with zero attached hydrogens (tertiary/aromatic N) is 3. The first kappa shape index (κ1) is 16.1. The lowest BCUT2D eigenvalue weighted by atomic mass is 9.98. The molecular weight excluding hydrogens is 327 g/mol. The van der Waals surface area contributed by atoms with Crippen LogP contribution in [-0.2, 0) is 6.42 Å². The summed E-state index contributed by atoms with van der Waals surface area (Å²) in [6, 6.07) is 20.3. The predicted molar refractivity (Wildman–Crippen MR) is 100 cm³/mol. The van der Waals surface area contributed by atoms with Crippen molar-refractivity contribution < 1.29 is 4.39 Å². The van der Waals surface area contributed by atoms with Crippen molar-refractivity contribution in [1.82, 2.24) is 15.0 Å². The fourth-order valence-electron chi connectivity index (χ4n) is 2.96. The molecule has 0 aliphatic rings. The molecule has 0 spiro atoms. The van der Waals surface area contributed by atoms with Crippen LogP contribution in [0.25, 0.3) is 11.2 Å². The maximum atomic E-state index is 14.4. The molecule has 0 amide bonds. The lowest BCUT2D eigenvalue weighted by Gasteiger charge is -2.20. The summed E-state index contributed by atoms with van der Waals surface area (Å²) in [5.41, 5.74) is 3.01. The third kappa shape index (κ3) is 3.52. The van der Waals surface area contributed by atoms with Crippen LogP contribution in [-0.4, -0.2) is 15.0 Å². The van der Waals surface area contributed by atoms with E-state index in [1.807, 2.05) is 48.5 Å². The molecule has 4 rings (SSSR count). The Labute approximate surface area is 150 Å². The molecule has 2 aromatic carbocycles. The Morgan fingerprint density at radius 1 is 0.846 bits per heavy atom. The van der Waals surface area contributed by atoms with Gasteiger partial charge in [-0.25, -0.2) is 14.4 Å². The number of pyridine rings is 1. The molecule has 4 aromatic rings. The van der Waals surface area contributed by atoms with Crippen molar-refractivity contribution in [3.8, 4) is 0 Å². The Balaban J connectivity index is 1.68. The summed E-state index contributed by atoms with van der Waals surface area (Å²) >= 11 is 0. The van der Waals surface area contributed by atoms with Crippen LogP contribution in [0.15, 0.2) is 79.1 Å². The summed E-state index contributed by atoms with van der Waals surface area (Å²) in [6.07, 6.45) is 3.88. The molecule has 0 saturated carbocycles. The van der Waals surface area contributed by atoms with Crippen LogP contribution in [0.1, 0.15) is 17.2 Å². The van der Waals surface area contributed by atoms with Gasteiger partial charge in [0.1, 0.15) is 17.2 Å². The van der Waals surface area contributed by atoms with Gasteiger partial charge in [-0.05, 0) is 30.2 Å². The molecule has 0 fully saturated rings. The van der Waals surface area contributed by atoms with Gasteiger partial charge in [0.25, 0.3) is 0 Å².